The van der Waals surface area contributed by atoms with Crippen molar-refractivity contribution in [3.05, 3.63) is 0 Å². The number of ether oxygens (including phenoxy) is 1. The molecule has 0 aromatic carbocycles. The zero-order chi connectivity index (χ0) is 10.8. The molecular formula is C10H22N2O2. The molecule has 0 fully saturated rings. The lowest BCUT2D eigenvalue weighted by atomic mass is 10.0. The van der Waals surface area contributed by atoms with Gasteiger partial charge in [-0.05, 0) is 25.3 Å². The Morgan fingerprint density at radius 3 is 2.79 bits per heavy atom. The third kappa shape index (κ3) is 8.01. The first-order chi connectivity index (χ1) is 6.70. The predicted octanol–water partition coefficient (Wildman–Crippen LogP) is 0.514. The first kappa shape index (κ1) is 13.4. The van der Waals surface area contributed by atoms with Crippen molar-refractivity contribution in [2.24, 2.45) is 11.7 Å². The summed E-state index contributed by atoms with van der Waals surface area (Å²) < 4.78 is 4.83. The third-order valence-electron chi connectivity index (χ3n) is 2.15. The first-order valence-electron chi connectivity index (χ1n) is 5.16. The summed E-state index contributed by atoms with van der Waals surface area (Å²) in [5.74, 6) is 0.638. The van der Waals surface area contributed by atoms with Crippen LogP contribution in [0.1, 0.15) is 26.2 Å². The van der Waals surface area contributed by atoms with Crippen LogP contribution >= 0.6 is 0 Å². The van der Waals surface area contributed by atoms with Crippen LogP contribution in [0.3, 0.4) is 0 Å². The van der Waals surface area contributed by atoms with Crippen LogP contribution in [0.4, 0.5) is 0 Å². The molecule has 0 aromatic heterocycles. The van der Waals surface area contributed by atoms with E-state index in [0.29, 0.717) is 32.0 Å². The van der Waals surface area contributed by atoms with Gasteiger partial charge >= 0.3 is 0 Å². The second-order valence-electron chi connectivity index (χ2n) is 3.56. The number of methoxy groups -OCH3 is 1. The Morgan fingerprint density at radius 1 is 1.50 bits per heavy atom. The summed E-state index contributed by atoms with van der Waals surface area (Å²) >= 11 is 0. The minimum atomic E-state index is 0.103. The highest BCUT2D eigenvalue weighted by Crippen LogP contribution is 2.08. The maximum absolute atomic E-state index is 11.2. The summed E-state index contributed by atoms with van der Waals surface area (Å²) in [5, 5.41) is 2.79. The zero-order valence-electron chi connectivity index (χ0n) is 9.21. The lowest BCUT2D eigenvalue weighted by Gasteiger charge is -2.09. The van der Waals surface area contributed by atoms with Crippen LogP contribution < -0.4 is 11.1 Å². The van der Waals surface area contributed by atoms with Gasteiger partial charge in [0.25, 0.3) is 0 Å². The van der Waals surface area contributed by atoms with Gasteiger partial charge in [0, 0.05) is 20.1 Å². The molecule has 14 heavy (non-hydrogen) atoms. The molecule has 0 aliphatic heterocycles. The van der Waals surface area contributed by atoms with Crippen molar-refractivity contribution in [1.29, 1.82) is 0 Å². The summed E-state index contributed by atoms with van der Waals surface area (Å²) in [6.45, 7) is 3.99. The monoisotopic (exact) mass is 202 g/mol. The molecular weight excluding hydrogens is 180 g/mol. The molecule has 84 valence electrons. The molecule has 4 heteroatoms. The predicted molar refractivity (Wildman–Crippen MR) is 57.0 cm³/mol. The van der Waals surface area contributed by atoms with Gasteiger partial charge in [0.2, 0.25) is 5.91 Å². The molecule has 1 atom stereocenters. The Hall–Kier alpha value is -0.610. The van der Waals surface area contributed by atoms with E-state index in [1.807, 2.05) is 0 Å². The van der Waals surface area contributed by atoms with Crippen LogP contribution in [0.2, 0.25) is 0 Å². The standard InChI is InChI=1S/C10H22N2O2/c1-9(5-6-11)3-4-10(13)12-7-8-14-2/h9H,3-8,11H2,1-2H3,(H,12,13). The van der Waals surface area contributed by atoms with Crippen LogP contribution in [-0.4, -0.2) is 32.7 Å². The van der Waals surface area contributed by atoms with Gasteiger partial charge in [-0.2, -0.15) is 0 Å². The molecule has 0 heterocycles. The molecule has 0 aliphatic carbocycles. The number of carbonyl (C=O) groups excluding carboxylic acids is 1. The van der Waals surface area contributed by atoms with E-state index >= 15 is 0 Å². The van der Waals surface area contributed by atoms with Crippen LogP contribution in [0.15, 0.2) is 0 Å². The minimum Gasteiger partial charge on any atom is -0.383 e. The minimum absolute atomic E-state index is 0.103. The average Bonchev–Trinajstić information content (AvgIpc) is 2.16. The van der Waals surface area contributed by atoms with E-state index in [9.17, 15) is 4.79 Å². The molecule has 0 rings (SSSR count). The molecule has 3 N–H and O–H groups in total. The Balaban J connectivity index is 3.34. The zero-order valence-corrected chi connectivity index (χ0v) is 9.21. The number of amides is 1. The Bertz CT molecular complexity index is 151. The van der Waals surface area contributed by atoms with E-state index in [1.165, 1.54) is 0 Å². The highest BCUT2D eigenvalue weighted by atomic mass is 16.5. The number of hydrogen-bond donors (Lipinski definition) is 2. The average molecular weight is 202 g/mol. The molecule has 4 nitrogen and oxygen atoms in total. The van der Waals surface area contributed by atoms with E-state index in [1.54, 1.807) is 7.11 Å². The van der Waals surface area contributed by atoms with Crippen LogP contribution in [0.25, 0.3) is 0 Å². The van der Waals surface area contributed by atoms with Crippen molar-refractivity contribution in [2.75, 3.05) is 26.8 Å². The van der Waals surface area contributed by atoms with Crippen LogP contribution in [0, 0.1) is 5.92 Å². The van der Waals surface area contributed by atoms with Crippen molar-refractivity contribution >= 4 is 5.91 Å². The first-order valence-corrected chi connectivity index (χ1v) is 5.16. The van der Waals surface area contributed by atoms with Crippen LogP contribution in [-0.2, 0) is 9.53 Å². The molecule has 1 unspecified atom stereocenters. The van der Waals surface area contributed by atoms with Gasteiger partial charge in [-0.1, -0.05) is 6.92 Å². The summed E-state index contributed by atoms with van der Waals surface area (Å²) in [6, 6.07) is 0. The maximum Gasteiger partial charge on any atom is 0.220 e. The van der Waals surface area contributed by atoms with E-state index in [0.717, 1.165) is 12.8 Å². The van der Waals surface area contributed by atoms with Crippen LogP contribution in [0.5, 0.6) is 0 Å². The van der Waals surface area contributed by atoms with Gasteiger partial charge in [0.15, 0.2) is 0 Å². The Morgan fingerprint density at radius 2 is 2.21 bits per heavy atom. The number of nitrogens with one attached hydrogen (secondary N) is 1. The second-order valence-corrected chi connectivity index (χ2v) is 3.56. The van der Waals surface area contributed by atoms with Gasteiger partial charge in [0.05, 0.1) is 6.61 Å². The van der Waals surface area contributed by atoms with Crippen molar-refractivity contribution < 1.29 is 9.53 Å². The lowest BCUT2D eigenvalue weighted by Crippen LogP contribution is -2.27. The van der Waals surface area contributed by atoms with E-state index in [2.05, 4.69) is 12.2 Å². The third-order valence-corrected chi connectivity index (χ3v) is 2.15. The molecule has 0 aromatic rings. The largest absolute Gasteiger partial charge is 0.383 e. The Kier molecular flexibility index (Phi) is 8.57. The SMILES string of the molecule is COCCNC(=O)CCC(C)CCN. The van der Waals surface area contributed by atoms with E-state index < -0.39 is 0 Å². The van der Waals surface area contributed by atoms with Gasteiger partial charge < -0.3 is 15.8 Å². The number of hydrogen-bond acceptors (Lipinski definition) is 3. The lowest BCUT2D eigenvalue weighted by molar-refractivity contribution is -0.121. The smallest absolute Gasteiger partial charge is 0.220 e. The van der Waals surface area contributed by atoms with E-state index in [4.69, 9.17) is 10.5 Å². The summed E-state index contributed by atoms with van der Waals surface area (Å²) in [7, 11) is 1.62. The normalized spacial score (nSPS) is 12.5. The number of nitrogens with two attached hydrogens (primary N) is 1. The quantitative estimate of drug-likeness (QED) is 0.564. The molecule has 0 bridgehead atoms. The Labute approximate surface area is 86.2 Å². The van der Waals surface area contributed by atoms with Crippen molar-refractivity contribution in [3.63, 3.8) is 0 Å². The summed E-state index contributed by atoms with van der Waals surface area (Å²) in [5.41, 5.74) is 5.42. The van der Waals surface area contributed by atoms with Crippen molar-refractivity contribution in [1.82, 2.24) is 5.32 Å². The van der Waals surface area contributed by atoms with E-state index in [-0.39, 0.29) is 5.91 Å². The molecule has 1 amide bonds. The van der Waals surface area contributed by atoms with Crippen molar-refractivity contribution in [3.8, 4) is 0 Å². The second kappa shape index (κ2) is 8.97. The summed E-state index contributed by atoms with van der Waals surface area (Å²) in [6.07, 6.45) is 2.49. The summed E-state index contributed by atoms with van der Waals surface area (Å²) in [4.78, 5) is 11.2. The van der Waals surface area contributed by atoms with Crippen molar-refractivity contribution in [2.45, 2.75) is 26.2 Å². The van der Waals surface area contributed by atoms with Gasteiger partial charge in [-0.15, -0.1) is 0 Å². The fraction of sp³-hybridized carbons (Fsp3) is 0.900. The van der Waals surface area contributed by atoms with Gasteiger partial charge in [-0.25, -0.2) is 0 Å². The highest BCUT2D eigenvalue weighted by molar-refractivity contribution is 5.75. The van der Waals surface area contributed by atoms with Gasteiger partial charge in [0.1, 0.15) is 0 Å². The molecule has 0 radical (unpaired) electrons. The fourth-order valence-corrected chi connectivity index (χ4v) is 1.19. The highest BCUT2D eigenvalue weighted by Gasteiger charge is 2.05. The molecule has 0 saturated carbocycles. The molecule has 0 saturated heterocycles. The molecule has 0 spiro atoms. The van der Waals surface area contributed by atoms with Gasteiger partial charge in [-0.3, -0.25) is 4.79 Å². The maximum atomic E-state index is 11.2. The fourth-order valence-electron chi connectivity index (χ4n) is 1.19. The number of rotatable bonds is 8. The molecule has 0 aliphatic rings. The topological polar surface area (TPSA) is 64.3 Å². The number of carbonyl (C=O) groups is 1.